The summed E-state index contributed by atoms with van der Waals surface area (Å²) in [6.07, 6.45) is 3.76. The molecule has 26 heavy (non-hydrogen) atoms. The van der Waals surface area contributed by atoms with E-state index in [1.165, 1.54) is 6.21 Å². The number of carbonyl (C=O) groups is 1. The minimum Gasteiger partial charge on any atom is -0.267 e. The van der Waals surface area contributed by atoms with Crippen LogP contribution >= 0.6 is 23.2 Å². The van der Waals surface area contributed by atoms with Crippen molar-refractivity contribution in [3.63, 3.8) is 0 Å². The summed E-state index contributed by atoms with van der Waals surface area (Å²) in [5, 5.41) is 5.88. The molecule has 1 aromatic heterocycles. The van der Waals surface area contributed by atoms with E-state index in [0.717, 1.165) is 29.4 Å². The molecular weight excluding hydrogens is 369 g/mol. The van der Waals surface area contributed by atoms with Gasteiger partial charge in [0.15, 0.2) is 0 Å². The number of para-hydroxylation sites is 1. The molecule has 0 atom stereocenters. The standard InChI is InChI=1S/C20H15Cl2N3O/c21-14-7-12(8-15(22)9-14)11-23-25-20(26)17-10-19(13-5-6-13)24-18-4-2-1-3-16(17)18/h1-4,7-11,13H,5-6H2,(H,25,26). The maximum absolute atomic E-state index is 12.7. The maximum atomic E-state index is 12.7. The summed E-state index contributed by atoms with van der Waals surface area (Å²) < 4.78 is 0. The first-order chi connectivity index (χ1) is 12.6. The van der Waals surface area contributed by atoms with Crippen LogP contribution in [0, 0.1) is 0 Å². The summed E-state index contributed by atoms with van der Waals surface area (Å²) in [6, 6.07) is 14.6. The number of halogens is 2. The minimum atomic E-state index is -0.269. The fourth-order valence-corrected chi connectivity index (χ4v) is 3.39. The van der Waals surface area contributed by atoms with Gasteiger partial charge in [-0.15, -0.1) is 0 Å². The number of hydrogen-bond donors (Lipinski definition) is 1. The van der Waals surface area contributed by atoms with Crippen molar-refractivity contribution >= 4 is 46.2 Å². The number of aromatic nitrogens is 1. The van der Waals surface area contributed by atoms with Gasteiger partial charge in [-0.2, -0.15) is 5.10 Å². The zero-order valence-electron chi connectivity index (χ0n) is 13.7. The molecule has 4 nitrogen and oxygen atoms in total. The van der Waals surface area contributed by atoms with Gasteiger partial charge in [0.05, 0.1) is 17.3 Å². The molecule has 1 aliphatic rings. The van der Waals surface area contributed by atoms with Gasteiger partial charge in [0, 0.05) is 27.0 Å². The van der Waals surface area contributed by atoms with Gasteiger partial charge in [-0.25, -0.2) is 5.43 Å². The molecule has 3 aromatic rings. The van der Waals surface area contributed by atoms with Crippen LogP contribution in [-0.2, 0) is 0 Å². The Balaban J connectivity index is 1.60. The molecule has 1 N–H and O–H groups in total. The van der Waals surface area contributed by atoms with Crippen molar-refractivity contribution in [3.8, 4) is 0 Å². The van der Waals surface area contributed by atoms with Gasteiger partial charge in [-0.05, 0) is 48.7 Å². The van der Waals surface area contributed by atoms with Crippen LogP contribution in [0.15, 0.2) is 53.6 Å². The third kappa shape index (κ3) is 3.71. The van der Waals surface area contributed by atoms with Crippen molar-refractivity contribution in [2.45, 2.75) is 18.8 Å². The lowest BCUT2D eigenvalue weighted by molar-refractivity contribution is 0.0956. The molecular formula is C20H15Cl2N3O. The summed E-state index contributed by atoms with van der Waals surface area (Å²) >= 11 is 11.9. The zero-order chi connectivity index (χ0) is 18.1. The van der Waals surface area contributed by atoms with Crippen LogP contribution in [0.25, 0.3) is 10.9 Å². The molecule has 1 amide bonds. The van der Waals surface area contributed by atoms with Crippen molar-refractivity contribution in [2.75, 3.05) is 0 Å². The van der Waals surface area contributed by atoms with Gasteiger partial charge in [-0.3, -0.25) is 9.78 Å². The summed E-state index contributed by atoms with van der Waals surface area (Å²) in [4.78, 5) is 17.4. The van der Waals surface area contributed by atoms with Gasteiger partial charge in [0.25, 0.3) is 5.91 Å². The van der Waals surface area contributed by atoms with Gasteiger partial charge < -0.3 is 0 Å². The van der Waals surface area contributed by atoms with Crippen LogP contribution in [0.4, 0.5) is 0 Å². The number of benzene rings is 2. The van der Waals surface area contributed by atoms with E-state index in [1.54, 1.807) is 18.2 Å². The highest BCUT2D eigenvalue weighted by Crippen LogP contribution is 2.40. The Kier molecular flexibility index (Phi) is 4.62. The molecule has 6 heteroatoms. The topological polar surface area (TPSA) is 54.4 Å². The molecule has 0 bridgehead atoms. The highest BCUT2D eigenvalue weighted by Gasteiger charge is 2.26. The first kappa shape index (κ1) is 17.0. The maximum Gasteiger partial charge on any atom is 0.272 e. The van der Waals surface area contributed by atoms with Crippen LogP contribution in [0.2, 0.25) is 10.0 Å². The van der Waals surface area contributed by atoms with E-state index >= 15 is 0 Å². The Labute approximate surface area is 160 Å². The van der Waals surface area contributed by atoms with Crippen LogP contribution in [-0.4, -0.2) is 17.1 Å². The molecule has 1 saturated carbocycles. The lowest BCUT2D eigenvalue weighted by atomic mass is 10.1. The van der Waals surface area contributed by atoms with Crippen LogP contribution in [0.5, 0.6) is 0 Å². The van der Waals surface area contributed by atoms with Crippen molar-refractivity contribution in [1.29, 1.82) is 0 Å². The summed E-state index contributed by atoms with van der Waals surface area (Å²) in [5.41, 5.74) is 5.67. The Morgan fingerprint density at radius 2 is 1.85 bits per heavy atom. The second kappa shape index (κ2) is 7.06. The SMILES string of the molecule is O=C(NN=Cc1cc(Cl)cc(Cl)c1)c1cc(C2CC2)nc2ccccc12. The predicted octanol–water partition coefficient (Wildman–Crippen LogP) is 5.18. The smallest absolute Gasteiger partial charge is 0.267 e. The minimum absolute atomic E-state index is 0.269. The van der Waals surface area contributed by atoms with Gasteiger partial charge in [0.1, 0.15) is 0 Å². The molecule has 0 saturated heterocycles. The second-order valence-corrected chi connectivity index (χ2v) is 7.16. The predicted molar refractivity (Wildman–Crippen MR) is 105 cm³/mol. The van der Waals surface area contributed by atoms with Crippen molar-refractivity contribution in [1.82, 2.24) is 10.4 Å². The zero-order valence-corrected chi connectivity index (χ0v) is 15.3. The lowest BCUT2D eigenvalue weighted by Gasteiger charge is -2.08. The van der Waals surface area contributed by atoms with Crippen molar-refractivity contribution in [2.24, 2.45) is 5.10 Å². The fourth-order valence-electron chi connectivity index (χ4n) is 2.85. The monoisotopic (exact) mass is 383 g/mol. The number of amides is 1. The fraction of sp³-hybridized carbons (Fsp3) is 0.150. The van der Waals surface area contributed by atoms with Gasteiger partial charge >= 0.3 is 0 Å². The first-order valence-corrected chi connectivity index (χ1v) is 9.05. The molecule has 1 fully saturated rings. The summed E-state index contributed by atoms with van der Waals surface area (Å²) in [7, 11) is 0. The highest BCUT2D eigenvalue weighted by atomic mass is 35.5. The number of pyridine rings is 1. The number of rotatable bonds is 4. The summed E-state index contributed by atoms with van der Waals surface area (Å²) in [6.45, 7) is 0. The van der Waals surface area contributed by atoms with E-state index in [9.17, 15) is 4.79 Å². The van der Waals surface area contributed by atoms with E-state index in [4.69, 9.17) is 23.2 Å². The molecule has 130 valence electrons. The first-order valence-electron chi connectivity index (χ1n) is 8.29. The van der Waals surface area contributed by atoms with Gasteiger partial charge in [-0.1, -0.05) is 41.4 Å². The van der Waals surface area contributed by atoms with Crippen LogP contribution < -0.4 is 5.43 Å². The number of hydrogen-bond acceptors (Lipinski definition) is 3. The lowest BCUT2D eigenvalue weighted by Crippen LogP contribution is -2.18. The van der Waals surface area contributed by atoms with Crippen LogP contribution in [0.1, 0.15) is 40.4 Å². The summed E-state index contributed by atoms with van der Waals surface area (Å²) in [5.74, 6) is 0.193. The molecule has 1 heterocycles. The van der Waals surface area contributed by atoms with Crippen molar-refractivity contribution < 1.29 is 4.79 Å². The third-order valence-corrected chi connectivity index (χ3v) is 4.68. The Morgan fingerprint density at radius 3 is 2.58 bits per heavy atom. The highest BCUT2D eigenvalue weighted by molar-refractivity contribution is 6.35. The number of hydrazone groups is 1. The number of nitrogens with one attached hydrogen (secondary N) is 1. The van der Waals surface area contributed by atoms with E-state index in [1.807, 2.05) is 30.3 Å². The molecule has 1 aliphatic carbocycles. The van der Waals surface area contributed by atoms with E-state index in [0.29, 0.717) is 27.1 Å². The number of carbonyl (C=O) groups excluding carboxylic acids is 1. The Hall–Kier alpha value is -2.43. The molecule has 0 radical (unpaired) electrons. The number of fused-ring (bicyclic) bond motifs is 1. The molecule has 0 spiro atoms. The van der Waals surface area contributed by atoms with E-state index in [2.05, 4.69) is 15.5 Å². The third-order valence-electron chi connectivity index (χ3n) is 4.24. The second-order valence-electron chi connectivity index (χ2n) is 6.29. The normalized spacial score (nSPS) is 14.1. The molecule has 2 aromatic carbocycles. The van der Waals surface area contributed by atoms with Gasteiger partial charge in [0.2, 0.25) is 0 Å². The van der Waals surface area contributed by atoms with Crippen molar-refractivity contribution in [3.05, 3.63) is 75.4 Å². The average Bonchev–Trinajstić information content (AvgIpc) is 3.45. The Morgan fingerprint density at radius 1 is 1.12 bits per heavy atom. The molecule has 0 aliphatic heterocycles. The molecule has 0 unspecified atom stereocenters. The van der Waals surface area contributed by atoms with E-state index < -0.39 is 0 Å². The average molecular weight is 384 g/mol. The molecule has 4 rings (SSSR count). The number of nitrogens with zero attached hydrogens (tertiary/aromatic N) is 2. The quantitative estimate of drug-likeness (QED) is 0.498. The van der Waals surface area contributed by atoms with E-state index in [-0.39, 0.29) is 5.91 Å². The van der Waals surface area contributed by atoms with Crippen LogP contribution in [0.3, 0.4) is 0 Å². The largest absolute Gasteiger partial charge is 0.272 e. The Bertz CT molecular complexity index is 1010.